The zero-order valence-corrected chi connectivity index (χ0v) is 12.8. The number of halogens is 1. The number of hydrogen-bond donors (Lipinski definition) is 1. The van der Waals surface area contributed by atoms with Crippen LogP contribution in [0.3, 0.4) is 0 Å². The average Bonchev–Trinajstić information content (AvgIpc) is 2.77. The molecule has 3 rings (SSSR count). The number of imide groups is 1. The molecular formula is C17H15ClN2O2. The first-order chi connectivity index (χ1) is 10.6. The molecule has 2 aromatic carbocycles. The monoisotopic (exact) mass is 314 g/mol. The van der Waals surface area contributed by atoms with Crippen LogP contribution in [0.2, 0.25) is 5.02 Å². The van der Waals surface area contributed by atoms with Crippen molar-refractivity contribution in [2.24, 2.45) is 0 Å². The minimum Gasteiger partial charge on any atom is -0.372 e. The molecule has 1 saturated heterocycles. The molecule has 4 nitrogen and oxygen atoms in total. The van der Waals surface area contributed by atoms with Crippen LogP contribution >= 0.6 is 11.6 Å². The number of aryl methyl sites for hydroxylation is 1. The highest BCUT2D eigenvalue weighted by molar-refractivity contribution is 6.33. The van der Waals surface area contributed by atoms with Gasteiger partial charge in [-0.15, -0.1) is 0 Å². The Morgan fingerprint density at radius 3 is 2.45 bits per heavy atom. The van der Waals surface area contributed by atoms with Crippen molar-refractivity contribution in [1.29, 1.82) is 0 Å². The third-order valence-corrected chi connectivity index (χ3v) is 3.97. The van der Waals surface area contributed by atoms with Crippen LogP contribution in [0.1, 0.15) is 12.0 Å². The van der Waals surface area contributed by atoms with E-state index in [0.717, 1.165) is 5.56 Å². The number of carbonyl (C=O) groups is 2. The summed E-state index contributed by atoms with van der Waals surface area (Å²) in [6, 6.07) is 13.9. The first kappa shape index (κ1) is 14.6. The maximum atomic E-state index is 12.5. The van der Waals surface area contributed by atoms with E-state index in [2.05, 4.69) is 5.32 Å². The molecule has 5 heteroatoms. The number of rotatable bonds is 3. The highest BCUT2D eigenvalue weighted by Gasteiger charge is 2.39. The van der Waals surface area contributed by atoms with Crippen LogP contribution in [0.25, 0.3) is 0 Å². The SMILES string of the molecule is Cc1ccc(N2C(=O)C[C@@H](Nc3ccccc3Cl)C2=O)cc1. The molecule has 0 aromatic heterocycles. The molecule has 112 valence electrons. The lowest BCUT2D eigenvalue weighted by molar-refractivity contribution is -0.121. The Kier molecular flexibility index (Phi) is 3.86. The largest absolute Gasteiger partial charge is 0.372 e. The number of carbonyl (C=O) groups excluding carboxylic acids is 2. The fourth-order valence-corrected chi connectivity index (χ4v) is 2.67. The summed E-state index contributed by atoms with van der Waals surface area (Å²) in [5.41, 5.74) is 2.33. The molecule has 0 aliphatic carbocycles. The standard InChI is InChI=1S/C17H15ClN2O2/c1-11-6-8-12(9-7-11)20-16(21)10-15(17(20)22)19-14-5-3-2-4-13(14)18/h2-9,15,19H,10H2,1H3/t15-/m1/s1. The van der Waals surface area contributed by atoms with Crippen LogP contribution < -0.4 is 10.2 Å². The van der Waals surface area contributed by atoms with Gasteiger partial charge in [-0.2, -0.15) is 0 Å². The Morgan fingerprint density at radius 1 is 1.09 bits per heavy atom. The van der Waals surface area contributed by atoms with E-state index < -0.39 is 6.04 Å². The van der Waals surface area contributed by atoms with Gasteiger partial charge in [0, 0.05) is 0 Å². The molecule has 2 amide bonds. The summed E-state index contributed by atoms with van der Waals surface area (Å²) in [6.45, 7) is 1.96. The van der Waals surface area contributed by atoms with Gasteiger partial charge in [0.05, 0.1) is 22.8 Å². The van der Waals surface area contributed by atoms with Gasteiger partial charge in [-0.25, -0.2) is 4.90 Å². The minimum absolute atomic E-state index is 0.123. The fourth-order valence-electron chi connectivity index (χ4n) is 2.48. The van der Waals surface area contributed by atoms with Gasteiger partial charge in [0.15, 0.2) is 0 Å². The number of nitrogens with zero attached hydrogens (tertiary/aromatic N) is 1. The molecule has 1 aliphatic rings. The maximum Gasteiger partial charge on any atom is 0.256 e. The van der Waals surface area contributed by atoms with Gasteiger partial charge in [0.25, 0.3) is 5.91 Å². The highest BCUT2D eigenvalue weighted by Crippen LogP contribution is 2.27. The van der Waals surface area contributed by atoms with E-state index in [9.17, 15) is 9.59 Å². The minimum atomic E-state index is -0.589. The van der Waals surface area contributed by atoms with Crippen LogP contribution in [0, 0.1) is 6.92 Å². The molecule has 0 saturated carbocycles. The van der Waals surface area contributed by atoms with E-state index in [1.165, 1.54) is 4.90 Å². The van der Waals surface area contributed by atoms with E-state index >= 15 is 0 Å². The van der Waals surface area contributed by atoms with Crippen molar-refractivity contribution in [1.82, 2.24) is 0 Å². The number of amides is 2. The Hall–Kier alpha value is -2.33. The molecular weight excluding hydrogens is 300 g/mol. The van der Waals surface area contributed by atoms with Crippen molar-refractivity contribution in [2.45, 2.75) is 19.4 Å². The predicted octanol–water partition coefficient (Wildman–Crippen LogP) is 3.39. The summed E-state index contributed by atoms with van der Waals surface area (Å²) in [6.07, 6.45) is 0.123. The fraction of sp³-hybridized carbons (Fsp3) is 0.176. The second-order valence-corrected chi connectivity index (χ2v) is 5.69. The van der Waals surface area contributed by atoms with Crippen LogP contribution in [-0.2, 0) is 9.59 Å². The molecule has 1 atom stereocenters. The molecule has 0 unspecified atom stereocenters. The molecule has 0 spiro atoms. The first-order valence-corrected chi connectivity index (χ1v) is 7.38. The molecule has 1 N–H and O–H groups in total. The number of benzene rings is 2. The molecule has 22 heavy (non-hydrogen) atoms. The van der Waals surface area contributed by atoms with Gasteiger partial charge in [0.1, 0.15) is 6.04 Å². The van der Waals surface area contributed by atoms with E-state index in [1.54, 1.807) is 24.3 Å². The van der Waals surface area contributed by atoms with E-state index in [1.807, 2.05) is 31.2 Å². The first-order valence-electron chi connectivity index (χ1n) is 7.01. The van der Waals surface area contributed by atoms with Crippen molar-refractivity contribution < 1.29 is 9.59 Å². The third-order valence-electron chi connectivity index (χ3n) is 3.64. The number of anilines is 2. The summed E-state index contributed by atoms with van der Waals surface area (Å²) in [4.78, 5) is 25.9. The van der Waals surface area contributed by atoms with Crippen molar-refractivity contribution >= 4 is 34.8 Å². The summed E-state index contributed by atoms with van der Waals surface area (Å²) in [5.74, 6) is -0.466. The molecule has 0 radical (unpaired) electrons. The quantitative estimate of drug-likeness (QED) is 0.883. The van der Waals surface area contributed by atoms with Gasteiger partial charge in [-0.05, 0) is 31.2 Å². The zero-order chi connectivity index (χ0) is 15.7. The van der Waals surface area contributed by atoms with Crippen molar-refractivity contribution in [2.75, 3.05) is 10.2 Å². The summed E-state index contributed by atoms with van der Waals surface area (Å²) in [5, 5.41) is 3.58. The van der Waals surface area contributed by atoms with Crippen molar-refractivity contribution in [3.63, 3.8) is 0 Å². The normalized spacial score (nSPS) is 17.9. The van der Waals surface area contributed by atoms with E-state index in [4.69, 9.17) is 11.6 Å². The predicted molar refractivity (Wildman–Crippen MR) is 87.2 cm³/mol. The number of para-hydroxylation sites is 1. The number of hydrogen-bond acceptors (Lipinski definition) is 3. The average molecular weight is 315 g/mol. The molecule has 2 aromatic rings. The third kappa shape index (κ3) is 2.70. The van der Waals surface area contributed by atoms with E-state index in [-0.39, 0.29) is 18.2 Å². The molecule has 1 heterocycles. The Labute approximate surface area is 133 Å². The lowest BCUT2D eigenvalue weighted by Crippen LogP contribution is -2.34. The Morgan fingerprint density at radius 2 is 1.77 bits per heavy atom. The van der Waals surface area contributed by atoms with Crippen molar-refractivity contribution in [3.05, 3.63) is 59.1 Å². The van der Waals surface area contributed by atoms with Gasteiger partial charge in [-0.1, -0.05) is 41.4 Å². The number of nitrogens with one attached hydrogen (secondary N) is 1. The highest BCUT2D eigenvalue weighted by atomic mass is 35.5. The lowest BCUT2D eigenvalue weighted by Gasteiger charge is -2.16. The molecule has 1 fully saturated rings. The Balaban J connectivity index is 1.82. The van der Waals surface area contributed by atoms with Gasteiger partial charge < -0.3 is 5.32 Å². The van der Waals surface area contributed by atoms with E-state index in [0.29, 0.717) is 16.4 Å². The van der Waals surface area contributed by atoms with Crippen molar-refractivity contribution in [3.8, 4) is 0 Å². The van der Waals surface area contributed by atoms with Crippen LogP contribution in [0.5, 0.6) is 0 Å². The van der Waals surface area contributed by atoms with Gasteiger partial charge in [0.2, 0.25) is 5.91 Å². The summed E-state index contributed by atoms with van der Waals surface area (Å²) >= 11 is 6.09. The van der Waals surface area contributed by atoms with Crippen LogP contribution in [0.4, 0.5) is 11.4 Å². The summed E-state index contributed by atoms with van der Waals surface area (Å²) < 4.78 is 0. The van der Waals surface area contributed by atoms with Gasteiger partial charge in [-0.3, -0.25) is 9.59 Å². The molecule has 0 bridgehead atoms. The smallest absolute Gasteiger partial charge is 0.256 e. The maximum absolute atomic E-state index is 12.5. The second kappa shape index (κ2) is 5.81. The van der Waals surface area contributed by atoms with Crippen LogP contribution in [-0.4, -0.2) is 17.9 Å². The topological polar surface area (TPSA) is 49.4 Å². The second-order valence-electron chi connectivity index (χ2n) is 5.28. The van der Waals surface area contributed by atoms with Crippen LogP contribution in [0.15, 0.2) is 48.5 Å². The lowest BCUT2D eigenvalue weighted by atomic mass is 10.2. The molecule has 1 aliphatic heterocycles. The van der Waals surface area contributed by atoms with Gasteiger partial charge >= 0.3 is 0 Å². The summed E-state index contributed by atoms with van der Waals surface area (Å²) in [7, 11) is 0. The Bertz CT molecular complexity index is 728. The zero-order valence-electron chi connectivity index (χ0n) is 12.0.